The quantitative estimate of drug-likeness (QED) is 0.824. The van der Waals surface area contributed by atoms with Crippen LogP contribution in [0.2, 0.25) is 0 Å². The number of hydrogen-bond donors (Lipinski definition) is 2. The monoisotopic (exact) mass is 313 g/mol. The molecule has 0 amide bonds. The minimum Gasteiger partial charge on any atom is -0.481 e. The standard InChI is InChI=1S/C14H19NO5S/c1-2-7-21(18,19)13-6-4-3-5-11(13)15-12-9-20-8-10(12)14(16)17/h3-6,10,12,15H,2,7-9H2,1H3,(H,16,17). The minimum atomic E-state index is -3.37. The van der Waals surface area contributed by atoms with Crippen molar-refractivity contribution in [3.63, 3.8) is 0 Å². The highest BCUT2D eigenvalue weighted by molar-refractivity contribution is 7.91. The summed E-state index contributed by atoms with van der Waals surface area (Å²) in [5.74, 6) is -1.55. The van der Waals surface area contributed by atoms with Crippen LogP contribution in [0.3, 0.4) is 0 Å². The smallest absolute Gasteiger partial charge is 0.311 e. The summed E-state index contributed by atoms with van der Waals surface area (Å²) in [7, 11) is -3.37. The summed E-state index contributed by atoms with van der Waals surface area (Å²) in [5.41, 5.74) is 0.438. The minimum absolute atomic E-state index is 0.0647. The second kappa shape index (κ2) is 6.44. The molecule has 2 unspecified atom stereocenters. The summed E-state index contributed by atoms with van der Waals surface area (Å²) in [6.45, 7) is 2.19. The molecule has 1 aliphatic rings. The number of nitrogens with one attached hydrogen (secondary N) is 1. The Morgan fingerprint density at radius 1 is 1.38 bits per heavy atom. The highest BCUT2D eigenvalue weighted by Crippen LogP contribution is 2.26. The summed E-state index contributed by atoms with van der Waals surface area (Å²) in [6.07, 6.45) is 0.529. The van der Waals surface area contributed by atoms with E-state index in [9.17, 15) is 13.2 Å². The zero-order valence-corrected chi connectivity index (χ0v) is 12.6. The second-order valence-corrected chi connectivity index (χ2v) is 7.13. The van der Waals surface area contributed by atoms with Gasteiger partial charge in [-0.3, -0.25) is 4.79 Å². The van der Waals surface area contributed by atoms with E-state index in [1.165, 1.54) is 0 Å². The molecule has 7 heteroatoms. The van der Waals surface area contributed by atoms with Crippen molar-refractivity contribution in [1.29, 1.82) is 0 Å². The topological polar surface area (TPSA) is 92.7 Å². The van der Waals surface area contributed by atoms with E-state index >= 15 is 0 Å². The normalized spacial score (nSPS) is 22.1. The molecule has 6 nitrogen and oxygen atoms in total. The van der Waals surface area contributed by atoms with E-state index in [-0.39, 0.29) is 23.9 Å². The molecular formula is C14H19NO5S. The molecule has 2 rings (SSSR count). The molecule has 2 N–H and O–H groups in total. The summed E-state index contributed by atoms with van der Waals surface area (Å²) in [5, 5.41) is 12.2. The zero-order valence-electron chi connectivity index (χ0n) is 11.8. The Labute approximate surface area is 124 Å². The number of para-hydroxylation sites is 1. The van der Waals surface area contributed by atoms with Gasteiger partial charge in [0.15, 0.2) is 9.84 Å². The molecule has 1 aromatic rings. The number of carbonyl (C=O) groups is 1. The summed E-state index contributed by atoms with van der Waals surface area (Å²) in [6, 6.07) is 6.14. The molecule has 0 saturated carbocycles. The summed E-state index contributed by atoms with van der Waals surface area (Å²) in [4.78, 5) is 11.4. The van der Waals surface area contributed by atoms with Crippen LogP contribution in [0.5, 0.6) is 0 Å². The van der Waals surface area contributed by atoms with Crippen LogP contribution < -0.4 is 5.32 Å². The van der Waals surface area contributed by atoms with Gasteiger partial charge in [0.2, 0.25) is 0 Å². The van der Waals surface area contributed by atoms with Gasteiger partial charge in [-0.1, -0.05) is 19.1 Å². The Kier molecular flexibility index (Phi) is 4.84. The molecule has 1 aromatic carbocycles. The molecule has 1 fully saturated rings. The number of anilines is 1. The predicted octanol–water partition coefficient (Wildman–Crippen LogP) is 1.38. The average Bonchev–Trinajstić information content (AvgIpc) is 2.87. The molecule has 21 heavy (non-hydrogen) atoms. The first-order chi connectivity index (χ1) is 9.95. The third-order valence-electron chi connectivity index (χ3n) is 3.43. The molecule has 1 saturated heterocycles. The lowest BCUT2D eigenvalue weighted by atomic mass is 10.0. The Morgan fingerprint density at radius 2 is 2.10 bits per heavy atom. The lowest BCUT2D eigenvalue weighted by molar-refractivity contribution is -0.141. The van der Waals surface area contributed by atoms with E-state index in [4.69, 9.17) is 9.84 Å². The van der Waals surface area contributed by atoms with Crippen LogP contribution in [0.1, 0.15) is 13.3 Å². The van der Waals surface area contributed by atoms with Crippen LogP contribution in [0.25, 0.3) is 0 Å². The van der Waals surface area contributed by atoms with Crippen molar-refractivity contribution in [3.05, 3.63) is 24.3 Å². The molecule has 0 spiro atoms. The van der Waals surface area contributed by atoms with Crippen LogP contribution in [-0.2, 0) is 19.4 Å². The maximum absolute atomic E-state index is 12.3. The number of carboxylic acid groups (broad SMARTS) is 1. The maximum atomic E-state index is 12.3. The van der Waals surface area contributed by atoms with Crippen molar-refractivity contribution in [1.82, 2.24) is 0 Å². The van der Waals surface area contributed by atoms with E-state index in [2.05, 4.69) is 5.32 Å². The van der Waals surface area contributed by atoms with Crippen molar-refractivity contribution >= 4 is 21.5 Å². The van der Waals surface area contributed by atoms with Crippen LogP contribution >= 0.6 is 0 Å². The van der Waals surface area contributed by atoms with Crippen molar-refractivity contribution in [2.45, 2.75) is 24.3 Å². The molecular weight excluding hydrogens is 294 g/mol. The molecule has 2 atom stereocenters. The van der Waals surface area contributed by atoms with Gasteiger partial charge in [0, 0.05) is 0 Å². The number of hydrogen-bond acceptors (Lipinski definition) is 5. The second-order valence-electron chi connectivity index (χ2n) is 5.05. The number of ether oxygens (including phenoxy) is 1. The van der Waals surface area contributed by atoms with Crippen molar-refractivity contribution in [2.24, 2.45) is 5.92 Å². The van der Waals surface area contributed by atoms with Gasteiger partial charge in [-0.2, -0.15) is 0 Å². The van der Waals surface area contributed by atoms with E-state index < -0.39 is 27.8 Å². The molecule has 0 aromatic heterocycles. The third kappa shape index (κ3) is 3.54. The number of aliphatic carboxylic acids is 1. The zero-order chi connectivity index (χ0) is 15.5. The van der Waals surface area contributed by atoms with Gasteiger partial charge < -0.3 is 15.2 Å². The summed E-state index contributed by atoms with van der Waals surface area (Å²) >= 11 is 0. The van der Waals surface area contributed by atoms with E-state index in [0.717, 1.165) is 0 Å². The molecule has 0 radical (unpaired) electrons. The van der Waals surface area contributed by atoms with Crippen LogP contribution in [0, 0.1) is 5.92 Å². The maximum Gasteiger partial charge on any atom is 0.311 e. The Bertz CT molecular complexity index is 614. The molecule has 0 aliphatic carbocycles. The van der Waals surface area contributed by atoms with Crippen LogP contribution in [0.15, 0.2) is 29.2 Å². The van der Waals surface area contributed by atoms with Gasteiger partial charge in [0.25, 0.3) is 0 Å². The highest BCUT2D eigenvalue weighted by Gasteiger charge is 2.34. The van der Waals surface area contributed by atoms with E-state index in [1.54, 1.807) is 31.2 Å². The fourth-order valence-electron chi connectivity index (χ4n) is 2.38. The van der Waals surface area contributed by atoms with Gasteiger partial charge >= 0.3 is 5.97 Å². The fraction of sp³-hybridized carbons (Fsp3) is 0.500. The van der Waals surface area contributed by atoms with Crippen molar-refractivity contribution in [3.8, 4) is 0 Å². The van der Waals surface area contributed by atoms with Crippen molar-refractivity contribution in [2.75, 3.05) is 24.3 Å². The number of sulfone groups is 1. The molecule has 1 heterocycles. The lowest BCUT2D eigenvalue weighted by Crippen LogP contribution is -2.33. The number of rotatable bonds is 6. The van der Waals surface area contributed by atoms with E-state index in [1.807, 2.05) is 0 Å². The van der Waals surface area contributed by atoms with E-state index in [0.29, 0.717) is 12.1 Å². The SMILES string of the molecule is CCCS(=O)(=O)c1ccccc1NC1COCC1C(=O)O. The molecule has 116 valence electrons. The van der Waals surface area contributed by atoms with Gasteiger partial charge in [0.1, 0.15) is 5.92 Å². The van der Waals surface area contributed by atoms with Gasteiger partial charge in [-0.05, 0) is 18.6 Å². The highest BCUT2D eigenvalue weighted by atomic mass is 32.2. The Morgan fingerprint density at radius 3 is 2.76 bits per heavy atom. The van der Waals surface area contributed by atoms with Gasteiger partial charge in [-0.25, -0.2) is 8.42 Å². The largest absolute Gasteiger partial charge is 0.481 e. The van der Waals surface area contributed by atoms with Crippen LogP contribution in [0.4, 0.5) is 5.69 Å². The first-order valence-electron chi connectivity index (χ1n) is 6.84. The third-order valence-corrected chi connectivity index (χ3v) is 5.41. The first kappa shape index (κ1) is 15.8. The average molecular weight is 313 g/mol. The lowest BCUT2D eigenvalue weighted by Gasteiger charge is -2.19. The Balaban J connectivity index is 2.27. The van der Waals surface area contributed by atoms with Gasteiger partial charge in [0.05, 0.1) is 35.6 Å². The first-order valence-corrected chi connectivity index (χ1v) is 8.50. The molecule has 0 bridgehead atoms. The predicted molar refractivity (Wildman–Crippen MR) is 78.1 cm³/mol. The number of benzene rings is 1. The Hall–Kier alpha value is -1.60. The van der Waals surface area contributed by atoms with Crippen molar-refractivity contribution < 1.29 is 23.1 Å². The fourth-order valence-corrected chi connectivity index (χ4v) is 3.88. The van der Waals surface area contributed by atoms with Gasteiger partial charge in [-0.15, -0.1) is 0 Å². The molecule has 1 aliphatic heterocycles. The number of carboxylic acids is 1. The summed E-state index contributed by atoms with van der Waals surface area (Å²) < 4.78 is 29.7. The van der Waals surface area contributed by atoms with Crippen LogP contribution in [-0.4, -0.2) is 44.5 Å².